The third kappa shape index (κ3) is 8.94. The minimum Gasteiger partial charge on any atom is -0.481 e. The number of carbonyl (C=O) groups excluding carboxylic acids is 3. The molecule has 33 heavy (non-hydrogen) atoms. The summed E-state index contributed by atoms with van der Waals surface area (Å²) in [5.41, 5.74) is 11.1. The van der Waals surface area contributed by atoms with E-state index in [1.165, 1.54) is 11.8 Å². The highest BCUT2D eigenvalue weighted by atomic mass is 16.4. The van der Waals surface area contributed by atoms with E-state index in [2.05, 4.69) is 10.6 Å². The predicted octanol–water partition coefficient (Wildman–Crippen LogP) is -2.27. The Balaban J connectivity index is 2.85. The Morgan fingerprint density at radius 3 is 2.30 bits per heavy atom. The van der Waals surface area contributed by atoms with Gasteiger partial charge < -0.3 is 42.3 Å². The second-order valence-electron chi connectivity index (χ2n) is 8.14. The van der Waals surface area contributed by atoms with Gasteiger partial charge in [0.2, 0.25) is 17.7 Å². The summed E-state index contributed by atoms with van der Waals surface area (Å²) in [6, 6.07) is -4.67. The van der Waals surface area contributed by atoms with E-state index in [0.717, 1.165) is 0 Å². The number of nitrogens with one attached hydrogen (secondary N) is 2. The van der Waals surface area contributed by atoms with Gasteiger partial charge in [0.15, 0.2) is 0 Å². The molecule has 0 radical (unpaired) electrons. The lowest BCUT2D eigenvalue weighted by molar-refractivity contribution is -0.146. The summed E-state index contributed by atoms with van der Waals surface area (Å²) in [5, 5.41) is 33.0. The number of carboxylic acids is 2. The predicted molar refractivity (Wildman–Crippen MR) is 116 cm³/mol. The lowest BCUT2D eigenvalue weighted by Gasteiger charge is -2.31. The van der Waals surface area contributed by atoms with Crippen LogP contribution in [0.2, 0.25) is 0 Å². The van der Waals surface area contributed by atoms with Crippen LogP contribution in [0.25, 0.3) is 0 Å². The van der Waals surface area contributed by atoms with Crippen LogP contribution in [0.3, 0.4) is 0 Å². The number of rotatable bonds is 14. The van der Waals surface area contributed by atoms with Gasteiger partial charge in [-0.2, -0.15) is 0 Å². The fourth-order valence-corrected chi connectivity index (χ4v) is 3.56. The Morgan fingerprint density at radius 2 is 1.76 bits per heavy atom. The number of unbranched alkanes of at least 4 members (excludes halogenated alkanes) is 1. The van der Waals surface area contributed by atoms with Crippen molar-refractivity contribution in [2.45, 2.75) is 82.1 Å². The van der Waals surface area contributed by atoms with E-state index < -0.39 is 59.9 Å². The van der Waals surface area contributed by atoms with Crippen molar-refractivity contribution < 1.29 is 39.3 Å². The zero-order valence-corrected chi connectivity index (χ0v) is 18.7. The fourth-order valence-electron chi connectivity index (χ4n) is 3.56. The molecule has 1 heterocycles. The molecule has 3 amide bonds. The zero-order chi connectivity index (χ0) is 25.1. The number of aliphatic hydroxyl groups is 1. The fraction of sp³-hybridized carbons (Fsp3) is 0.750. The van der Waals surface area contributed by atoms with E-state index in [1.54, 1.807) is 0 Å². The van der Waals surface area contributed by atoms with Crippen molar-refractivity contribution in [3.8, 4) is 0 Å². The van der Waals surface area contributed by atoms with Crippen molar-refractivity contribution in [3.63, 3.8) is 0 Å². The first-order chi connectivity index (χ1) is 15.5. The highest BCUT2D eigenvalue weighted by Crippen LogP contribution is 2.20. The molecule has 0 aromatic carbocycles. The first-order valence-electron chi connectivity index (χ1n) is 11.0. The normalized spacial score (nSPS) is 19.3. The largest absolute Gasteiger partial charge is 0.481 e. The van der Waals surface area contributed by atoms with Gasteiger partial charge in [-0.1, -0.05) is 0 Å². The smallest absolute Gasteiger partial charge is 0.326 e. The first-order valence-corrected chi connectivity index (χ1v) is 11.0. The molecule has 1 aliphatic rings. The van der Waals surface area contributed by atoms with Gasteiger partial charge in [0.25, 0.3) is 0 Å². The van der Waals surface area contributed by atoms with Crippen molar-refractivity contribution in [2.24, 2.45) is 11.5 Å². The minimum atomic E-state index is -1.40. The maximum absolute atomic E-state index is 13.1. The third-order valence-corrected chi connectivity index (χ3v) is 5.45. The van der Waals surface area contributed by atoms with Gasteiger partial charge >= 0.3 is 11.9 Å². The number of carboxylic acid groups (broad SMARTS) is 2. The van der Waals surface area contributed by atoms with Gasteiger partial charge in [-0.05, 0) is 52.0 Å². The summed E-state index contributed by atoms with van der Waals surface area (Å²) in [7, 11) is 0. The van der Waals surface area contributed by atoms with E-state index in [1.807, 2.05) is 0 Å². The molecule has 0 spiro atoms. The molecule has 188 valence electrons. The van der Waals surface area contributed by atoms with Crippen LogP contribution in [0.15, 0.2) is 0 Å². The van der Waals surface area contributed by atoms with E-state index in [0.29, 0.717) is 32.2 Å². The average molecular weight is 474 g/mol. The van der Waals surface area contributed by atoms with Crippen molar-refractivity contribution in [1.82, 2.24) is 15.5 Å². The number of carbonyl (C=O) groups is 5. The van der Waals surface area contributed by atoms with Crippen LogP contribution in [0.4, 0.5) is 0 Å². The molecule has 0 aromatic heterocycles. The number of nitrogens with zero attached hydrogens (tertiary/aromatic N) is 1. The molecule has 1 aliphatic heterocycles. The minimum absolute atomic E-state index is 0.155. The topological polar surface area (TPSA) is 225 Å². The number of amides is 3. The Morgan fingerprint density at radius 1 is 1.09 bits per heavy atom. The Labute approximate surface area is 191 Å². The van der Waals surface area contributed by atoms with Crippen molar-refractivity contribution in [3.05, 3.63) is 0 Å². The summed E-state index contributed by atoms with van der Waals surface area (Å²) >= 11 is 0. The van der Waals surface area contributed by atoms with Crippen LogP contribution in [0.5, 0.6) is 0 Å². The second kappa shape index (κ2) is 13.7. The van der Waals surface area contributed by atoms with Gasteiger partial charge in [0, 0.05) is 13.0 Å². The van der Waals surface area contributed by atoms with Gasteiger partial charge in [0.05, 0.1) is 12.1 Å². The summed E-state index contributed by atoms with van der Waals surface area (Å²) in [5.74, 6) is -4.47. The van der Waals surface area contributed by atoms with Gasteiger partial charge in [0.1, 0.15) is 18.1 Å². The highest BCUT2D eigenvalue weighted by Gasteiger charge is 2.40. The summed E-state index contributed by atoms with van der Waals surface area (Å²) in [6.45, 7) is 1.87. The third-order valence-electron chi connectivity index (χ3n) is 5.45. The second-order valence-corrected chi connectivity index (χ2v) is 8.14. The Hall–Kier alpha value is -2.77. The molecule has 5 atom stereocenters. The maximum Gasteiger partial charge on any atom is 0.326 e. The molecule has 0 aliphatic carbocycles. The summed E-state index contributed by atoms with van der Waals surface area (Å²) in [6.07, 6.45) is 0.277. The number of likely N-dealkylation sites (tertiary alicyclic amines) is 1. The first kappa shape index (κ1) is 28.3. The zero-order valence-electron chi connectivity index (χ0n) is 18.7. The van der Waals surface area contributed by atoms with Gasteiger partial charge in [-0.25, -0.2) is 4.79 Å². The van der Waals surface area contributed by atoms with Crippen LogP contribution >= 0.6 is 0 Å². The summed E-state index contributed by atoms with van der Waals surface area (Å²) in [4.78, 5) is 61.5. The molecular weight excluding hydrogens is 438 g/mol. The number of nitrogens with two attached hydrogens (primary N) is 2. The molecule has 0 bridgehead atoms. The average Bonchev–Trinajstić information content (AvgIpc) is 3.24. The van der Waals surface area contributed by atoms with Crippen molar-refractivity contribution in [1.29, 1.82) is 0 Å². The molecule has 5 unspecified atom stereocenters. The Kier molecular flexibility index (Phi) is 11.7. The SMILES string of the molecule is CC(O)C(NC(=O)C(N)CCC(=O)O)C(=O)N1CCCC1C(=O)NC(CCCCN)C(=O)O. The maximum atomic E-state index is 13.1. The van der Waals surface area contributed by atoms with Crippen LogP contribution in [0, 0.1) is 0 Å². The van der Waals surface area contributed by atoms with Crippen LogP contribution in [-0.4, -0.2) is 93.2 Å². The standard InChI is InChI=1S/C20H35N5O8/c1-11(26)16(24-17(29)12(22)7-8-15(27)28)19(31)25-10-4-6-14(25)18(30)23-13(20(32)33)5-2-3-9-21/h11-14,16,26H,2-10,21-22H2,1H3,(H,23,30)(H,24,29)(H,27,28)(H,32,33). The van der Waals surface area contributed by atoms with Gasteiger partial charge in [-0.15, -0.1) is 0 Å². The molecule has 1 saturated heterocycles. The lowest BCUT2D eigenvalue weighted by atomic mass is 10.1. The number of aliphatic carboxylic acids is 2. The molecular formula is C20H35N5O8. The molecule has 1 rings (SSSR count). The highest BCUT2D eigenvalue weighted by molar-refractivity contribution is 5.94. The van der Waals surface area contributed by atoms with E-state index >= 15 is 0 Å². The van der Waals surface area contributed by atoms with Crippen LogP contribution in [-0.2, 0) is 24.0 Å². The molecule has 0 aromatic rings. The number of hydrogen-bond acceptors (Lipinski definition) is 8. The Bertz CT molecular complexity index is 717. The summed E-state index contributed by atoms with van der Waals surface area (Å²) < 4.78 is 0. The molecule has 13 heteroatoms. The number of hydrogen-bond donors (Lipinski definition) is 7. The molecule has 13 nitrogen and oxygen atoms in total. The lowest BCUT2D eigenvalue weighted by Crippen LogP contribution is -2.59. The van der Waals surface area contributed by atoms with Crippen molar-refractivity contribution in [2.75, 3.05) is 13.1 Å². The van der Waals surface area contributed by atoms with Crippen LogP contribution in [0.1, 0.15) is 51.9 Å². The van der Waals surface area contributed by atoms with E-state index in [-0.39, 0.29) is 25.8 Å². The number of aliphatic hydroxyl groups excluding tert-OH is 1. The van der Waals surface area contributed by atoms with Gasteiger partial charge in [-0.3, -0.25) is 19.2 Å². The monoisotopic (exact) mass is 473 g/mol. The quantitative estimate of drug-likeness (QED) is 0.134. The van der Waals surface area contributed by atoms with E-state index in [4.69, 9.17) is 16.6 Å². The van der Waals surface area contributed by atoms with Crippen LogP contribution < -0.4 is 22.1 Å². The van der Waals surface area contributed by atoms with Crippen molar-refractivity contribution >= 4 is 29.7 Å². The molecule has 1 fully saturated rings. The molecule has 9 N–H and O–H groups in total. The molecule has 0 saturated carbocycles. The van der Waals surface area contributed by atoms with E-state index in [9.17, 15) is 34.2 Å².